The van der Waals surface area contributed by atoms with Crippen LogP contribution < -0.4 is 5.32 Å². The first-order valence-corrected chi connectivity index (χ1v) is 5.84. The minimum atomic E-state index is -1.06. The van der Waals surface area contributed by atoms with E-state index in [1.54, 1.807) is 13.0 Å². The lowest BCUT2D eigenvalue weighted by atomic mass is 10.0. The summed E-state index contributed by atoms with van der Waals surface area (Å²) >= 11 is 0. The van der Waals surface area contributed by atoms with Gasteiger partial charge in [0.1, 0.15) is 11.4 Å². The smallest absolute Gasteiger partial charge is 0.325 e. The zero-order chi connectivity index (χ0) is 14.0. The molecule has 0 saturated carbocycles. The summed E-state index contributed by atoms with van der Waals surface area (Å²) in [4.78, 5) is 25.1. The minimum Gasteiger partial charge on any atom is -0.382 e. The number of hydrogen-bond donors (Lipinski definition) is 1. The molecule has 1 aliphatic rings. The Kier molecular flexibility index (Phi) is 3.53. The number of hydrogen-bond acceptors (Lipinski definition) is 3. The largest absolute Gasteiger partial charge is 0.382 e. The van der Waals surface area contributed by atoms with Crippen LogP contribution in [0.1, 0.15) is 12.5 Å². The van der Waals surface area contributed by atoms with Crippen molar-refractivity contribution >= 4 is 11.9 Å². The van der Waals surface area contributed by atoms with Crippen molar-refractivity contribution in [1.29, 1.82) is 0 Å². The summed E-state index contributed by atoms with van der Waals surface area (Å²) in [6.45, 7) is 1.74. The first kappa shape index (κ1) is 13.5. The molecule has 102 valence electrons. The van der Waals surface area contributed by atoms with E-state index in [9.17, 15) is 14.0 Å². The summed E-state index contributed by atoms with van der Waals surface area (Å²) in [6.07, 6.45) is 0. The van der Waals surface area contributed by atoms with Gasteiger partial charge in [-0.15, -0.1) is 0 Å². The Morgan fingerprint density at radius 2 is 2.16 bits per heavy atom. The number of nitrogens with zero attached hydrogens (tertiary/aromatic N) is 1. The Morgan fingerprint density at radius 3 is 2.79 bits per heavy atom. The van der Waals surface area contributed by atoms with E-state index in [1.165, 1.54) is 25.3 Å². The van der Waals surface area contributed by atoms with Crippen molar-refractivity contribution in [3.8, 4) is 0 Å². The van der Waals surface area contributed by atoms with Crippen molar-refractivity contribution in [2.45, 2.75) is 19.0 Å². The van der Waals surface area contributed by atoms with Gasteiger partial charge in [-0.2, -0.15) is 0 Å². The second kappa shape index (κ2) is 4.97. The molecule has 1 saturated heterocycles. The second-order valence-corrected chi connectivity index (χ2v) is 4.72. The van der Waals surface area contributed by atoms with E-state index >= 15 is 0 Å². The van der Waals surface area contributed by atoms with Crippen LogP contribution >= 0.6 is 0 Å². The van der Waals surface area contributed by atoms with Crippen LogP contribution in [0.2, 0.25) is 0 Å². The fourth-order valence-electron chi connectivity index (χ4n) is 2.10. The van der Waals surface area contributed by atoms with Crippen LogP contribution in [-0.2, 0) is 16.1 Å². The lowest BCUT2D eigenvalue weighted by Gasteiger charge is -2.20. The van der Waals surface area contributed by atoms with Gasteiger partial charge in [-0.25, -0.2) is 9.18 Å². The Bertz CT molecular complexity index is 520. The van der Waals surface area contributed by atoms with Crippen LogP contribution in [0.3, 0.4) is 0 Å². The third-order valence-corrected chi connectivity index (χ3v) is 3.01. The van der Waals surface area contributed by atoms with Gasteiger partial charge < -0.3 is 10.1 Å². The Balaban J connectivity index is 2.17. The summed E-state index contributed by atoms with van der Waals surface area (Å²) in [7, 11) is 1.46. The predicted octanol–water partition coefficient (Wildman–Crippen LogP) is 1.28. The summed E-state index contributed by atoms with van der Waals surface area (Å²) in [6, 6.07) is 5.32. The molecule has 6 heteroatoms. The normalized spacial score (nSPS) is 22.8. The molecule has 1 fully saturated rings. The van der Waals surface area contributed by atoms with E-state index in [4.69, 9.17) is 4.74 Å². The number of ether oxygens (including phenoxy) is 1. The molecule has 3 amide bonds. The first-order valence-electron chi connectivity index (χ1n) is 5.84. The zero-order valence-electron chi connectivity index (χ0n) is 10.8. The maximum atomic E-state index is 13.1. The molecule has 1 aromatic carbocycles. The molecule has 1 aromatic rings. The Labute approximate surface area is 110 Å². The third kappa shape index (κ3) is 2.58. The third-order valence-electron chi connectivity index (χ3n) is 3.01. The van der Waals surface area contributed by atoms with Crippen LogP contribution in [0, 0.1) is 5.82 Å². The molecule has 5 nitrogen and oxygen atoms in total. The molecule has 0 aliphatic carbocycles. The van der Waals surface area contributed by atoms with Crippen LogP contribution in [0.25, 0.3) is 0 Å². The number of amides is 3. The summed E-state index contributed by atoms with van der Waals surface area (Å²) in [5, 5.41) is 2.58. The van der Waals surface area contributed by atoms with Gasteiger partial charge in [-0.3, -0.25) is 9.69 Å². The van der Waals surface area contributed by atoms with E-state index in [-0.39, 0.29) is 19.1 Å². The standard InChI is InChI=1S/C13H15FN2O3/c1-13(8-19-2)11(17)16(12(18)15-13)7-9-4-3-5-10(14)6-9/h3-6H,7-8H2,1-2H3,(H,15,18). The topological polar surface area (TPSA) is 58.6 Å². The molecular weight excluding hydrogens is 251 g/mol. The molecule has 1 heterocycles. The highest BCUT2D eigenvalue weighted by molar-refractivity contribution is 6.06. The molecule has 0 bridgehead atoms. The molecule has 0 aromatic heterocycles. The van der Waals surface area contributed by atoms with E-state index in [0.29, 0.717) is 5.56 Å². The van der Waals surface area contributed by atoms with Gasteiger partial charge in [-0.05, 0) is 24.6 Å². The van der Waals surface area contributed by atoms with Gasteiger partial charge >= 0.3 is 6.03 Å². The molecule has 1 atom stereocenters. The molecule has 0 radical (unpaired) electrons. The van der Waals surface area contributed by atoms with Gasteiger partial charge in [0.05, 0.1) is 13.2 Å². The summed E-state index contributed by atoms with van der Waals surface area (Å²) in [5.74, 6) is -0.771. The molecule has 19 heavy (non-hydrogen) atoms. The number of carbonyl (C=O) groups excluding carboxylic acids is 2. The van der Waals surface area contributed by atoms with Gasteiger partial charge in [0.2, 0.25) is 0 Å². The highest BCUT2D eigenvalue weighted by Gasteiger charge is 2.47. The number of imide groups is 1. The first-order chi connectivity index (χ1) is 8.96. The number of urea groups is 1. The van der Waals surface area contributed by atoms with Crippen molar-refractivity contribution in [3.05, 3.63) is 35.6 Å². The Hall–Kier alpha value is -1.95. The maximum absolute atomic E-state index is 13.1. The number of halogens is 1. The quantitative estimate of drug-likeness (QED) is 0.835. The van der Waals surface area contributed by atoms with Crippen LogP contribution in [0.5, 0.6) is 0 Å². The number of benzene rings is 1. The molecule has 1 N–H and O–H groups in total. The predicted molar refractivity (Wildman–Crippen MR) is 65.8 cm³/mol. The van der Waals surface area contributed by atoms with Crippen molar-refractivity contribution < 1.29 is 18.7 Å². The van der Waals surface area contributed by atoms with Gasteiger partial charge in [-0.1, -0.05) is 12.1 Å². The molecule has 1 unspecified atom stereocenters. The number of rotatable bonds is 4. The SMILES string of the molecule is COCC1(C)NC(=O)N(Cc2cccc(F)c2)C1=O. The van der Waals surface area contributed by atoms with Gasteiger partial charge in [0.15, 0.2) is 0 Å². The number of carbonyl (C=O) groups is 2. The molecule has 0 spiro atoms. The van der Waals surface area contributed by atoms with E-state index < -0.39 is 17.4 Å². The molecule has 1 aliphatic heterocycles. The van der Waals surface area contributed by atoms with Crippen LogP contribution in [0.15, 0.2) is 24.3 Å². The van der Waals surface area contributed by atoms with Gasteiger partial charge in [0.25, 0.3) is 5.91 Å². The average molecular weight is 266 g/mol. The second-order valence-electron chi connectivity index (χ2n) is 4.72. The molecular formula is C13H15FN2O3. The maximum Gasteiger partial charge on any atom is 0.325 e. The zero-order valence-corrected chi connectivity index (χ0v) is 10.8. The molecule has 2 rings (SSSR count). The lowest BCUT2D eigenvalue weighted by molar-refractivity contribution is -0.132. The van der Waals surface area contributed by atoms with Gasteiger partial charge in [0, 0.05) is 7.11 Å². The minimum absolute atomic E-state index is 0.0434. The number of nitrogens with one attached hydrogen (secondary N) is 1. The lowest BCUT2D eigenvalue weighted by Crippen LogP contribution is -2.47. The Morgan fingerprint density at radius 1 is 1.42 bits per heavy atom. The fourth-order valence-corrected chi connectivity index (χ4v) is 2.10. The van der Waals surface area contributed by atoms with Crippen molar-refractivity contribution in [2.24, 2.45) is 0 Å². The summed E-state index contributed by atoms with van der Waals surface area (Å²) in [5.41, 5.74) is -0.496. The van der Waals surface area contributed by atoms with E-state index in [1.807, 2.05) is 0 Å². The van der Waals surface area contributed by atoms with E-state index in [2.05, 4.69) is 5.32 Å². The highest BCUT2D eigenvalue weighted by atomic mass is 19.1. The van der Waals surface area contributed by atoms with Crippen LogP contribution in [-0.4, -0.2) is 36.1 Å². The average Bonchev–Trinajstić information content (AvgIpc) is 2.54. The van der Waals surface area contributed by atoms with Crippen molar-refractivity contribution in [3.63, 3.8) is 0 Å². The van der Waals surface area contributed by atoms with E-state index in [0.717, 1.165) is 4.90 Å². The fraction of sp³-hybridized carbons (Fsp3) is 0.385. The van der Waals surface area contributed by atoms with Crippen molar-refractivity contribution in [2.75, 3.05) is 13.7 Å². The van der Waals surface area contributed by atoms with Crippen LogP contribution in [0.4, 0.5) is 9.18 Å². The summed E-state index contributed by atoms with van der Waals surface area (Å²) < 4.78 is 18.0. The highest BCUT2D eigenvalue weighted by Crippen LogP contribution is 2.20. The number of methoxy groups -OCH3 is 1. The monoisotopic (exact) mass is 266 g/mol. The van der Waals surface area contributed by atoms with Crippen molar-refractivity contribution in [1.82, 2.24) is 10.2 Å².